The van der Waals surface area contributed by atoms with E-state index in [9.17, 15) is 22.8 Å². The lowest BCUT2D eigenvalue weighted by Crippen LogP contribution is -2.42. The number of piperidine rings is 1. The molecule has 1 saturated heterocycles. The van der Waals surface area contributed by atoms with Gasteiger partial charge in [-0.05, 0) is 56.2 Å². The summed E-state index contributed by atoms with van der Waals surface area (Å²) < 4.78 is 31.1. The number of ether oxygens (including phenoxy) is 1. The van der Waals surface area contributed by atoms with Gasteiger partial charge in [0.2, 0.25) is 16.2 Å². The number of primary sulfonamides is 1. The standard InChI is InChI=1S/C27H37N7O7S2/c1-2-18-10-13-33(14-11-18)26(38)22(5-3-4-12-29-24(35)8-9-25(36)37)34-16-19(31-32-34)17-41-20-6-7-21-23(15-20)42-27(30-21)43(28,39)40/h6-7,15-16,18,22H,2-5,8-14,17H2,1H3,(H,29,35)(H,36,37)(H2,28,39,40)/t22-/m0/s1. The van der Waals surface area contributed by atoms with Crippen LogP contribution in [0.3, 0.4) is 0 Å². The summed E-state index contributed by atoms with van der Waals surface area (Å²) in [5.74, 6) is -0.231. The van der Waals surface area contributed by atoms with Gasteiger partial charge >= 0.3 is 5.97 Å². The van der Waals surface area contributed by atoms with E-state index in [4.69, 9.17) is 15.0 Å². The van der Waals surface area contributed by atoms with Crippen molar-refractivity contribution in [3.05, 3.63) is 30.1 Å². The highest BCUT2D eigenvalue weighted by Gasteiger charge is 2.29. The number of nitrogens with two attached hydrogens (primary N) is 1. The molecule has 0 saturated carbocycles. The zero-order valence-electron chi connectivity index (χ0n) is 24.0. The summed E-state index contributed by atoms with van der Waals surface area (Å²) in [7, 11) is -3.90. The molecular formula is C27H37N7O7S2. The molecule has 16 heteroatoms. The minimum absolute atomic E-state index is 0.0151. The van der Waals surface area contributed by atoms with Crippen LogP contribution in [0.1, 0.15) is 70.0 Å². The van der Waals surface area contributed by atoms with Crippen molar-refractivity contribution < 1.29 is 32.6 Å². The molecule has 0 radical (unpaired) electrons. The maximum Gasteiger partial charge on any atom is 0.303 e. The van der Waals surface area contributed by atoms with Crippen LogP contribution in [0, 0.1) is 5.92 Å². The Morgan fingerprint density at radius 3 is 2.67 bits per heavy atom. The number of fused-ring (bicyclic) bond motifs is 1. The summed E-state index contributed by atoms with van der Waals surface area (Å²) in [6.07, 6.45) is 6.21. The second kappa shape index (κ2) is 14.7. The van der Waals surface area contributed by atoms with Crippen molar-refractivity contribution in [2.45, 2.75) is 75.3 Å². The van der Waals surface area contributed by atoms with Crippen molar-refractivity contribution in [3.8, 4) is 5.75 Å². The van der Waals surface area contributed by atoms with Crippen molar-refractivity contribution in [1.82, 2.24) is 30.2 Å². The zero-order valence-corrected chi connectivity index (χ0v) is 25.6. The molecule has 0 unspecified atom stereocenters. The molecule has 4 rings (SSSR count). The number of rotatable bonds is 15. The topological polar surface area (TPSA) is 200 Å². The Hall–Kier alpha value is -3.63. The summed E-state index contributed by atoms with van der Waals surface area (Å²) in [5.41, 5.74) is 1.01. The number of hydrogen-bond donors (Lipinski definition) is 3. The van der Waals surface area contributed by atoms with Gasteiger partial charge in [0.05, 0.1) is 22.8 Å². The number of nitrogens with zero attached hydrogens (tertiary/aromatic N) is 5. The molecule has 1 atom stereocenters. The average Bonchev–Trinajstić information content (AvgIpc) is 3.64. The monoisotopic (exact) mass is 635 g/mol. The highest BCUT2D eigenvalue weighted by Crippen LogP contribution is 2.29. The first kappa shape index (κ1) is 32.3. The minimum atomic E-state index is -3.90. The maximum atomic E-state index is 13.6. The van der Waals surface area contributed by atoms with E-state index in [1.54, 1.807) is 29.1 Å². The second-order valence-electron chi connectivity index (χ2n) is 10.6. The number of benzene rings is 1. The van der Waals surface area contributed by atoms with Crippen molar-refractivity contribution in [2.75, 3.05) is 19.6 Å². The maximum absolute atomic E-state index is 13.6. The van der Waals surface area contributed by atoms with Crippen LogP contribution in [-0.2, 0) is 31.0 Å². The number of aromatic nitrogens is 4. The molecule has 1 aromatic carbocycles. The van der Waals surface area contributed by atoms with Gasteiger partial charge in [0, 0.05) is 26.1 Å². The fourth-order valence-corrected chi connectivity index (χ4v) is 6.61. The fraction of sp³-hybridized carbons (Fsp3) is 0.556. The number of aliphatic carboxylic acids is 1. The zero-order chi connectivity index (χ0) is 31.0. The van der Waals surface area contributed by atoms with E-state index in [1.165, 1.54) is 0 Å². The number of carboxylic acid groups (broad SMARTS) is 1. The number of carbonyl (C=O) groups is 3. The molecule has 1 aliphatic rings. The van der Waals surface area contributed by atoms with Crippen LogP contribution in [0.2, 0.25) is 0 Å². The first-order valence-electron chi connectivity index (χ1n) is 14.3. The van der Waals surface area contributed by atoms with Crippen LogP contribution in [0.25, 0.3) is 10.2 Å². The Morgan fingerprint density at radius 1 is 1.21 bits per heavy atom. The van der Waals surface area contributed by atoms with Gasteiger partial charge in [-0.2, -0.15) is 0 Å². The number of hydrogen-bond acceptors (Lipinski definition) is 10. The van der Waals surface area contributed by atoms with E-state index in [-0.39, 0.29) is 35.6 Å². The predicted octanol–water partition coefficient (Wildman–Crippen LogP) is 2.46. The number of sulfonamides is 1. The van der Waals surface area contributed by atoms with Gasteiger partial charge in [-0.15, -0.1) is 16.4 Å². The SMILES string of the molecule is CCC1CCN(C(=O)[C@H](CCCCNC(=O)CCC(=O)O)n2cc(COc3ccc4nc(S(N)(=O)=O)sc4c3)nn2)CC1. The van der Waals surface area contributed by atoms with Crippen LogP contribution < -0.4 is 15.2 Å². The Morgan fingerprint density at radius 2 is 1.98 bits per heavy atom. The number of carbonyl (C=O) groups excluding carboxylic acids is 2. The first-order valence-corrected chi connectivity index (χ1v) is 16.6. The van der Waals surface area contributed by atoms with Crippen molar-refractivity contribution >= 4 is 49.4 Å². The van der Waals surface area contributed by atoms with Crippen molar-refractivity contribution in [3.63, 3.8) is 0 Å². The number of likely N-dealkylation sites (tertiary alicyclic amines) is 1. The van der Waals surface area contributed by atoms with Crippen LogP contribution in [0.15, 0.2) is 28.7 Å². The summed E-state index contributed by atoms with van der Waals surface area (Å²) in [4.78, 5) is 42.0. The van der Waals surface area contributed by atoms with Gasteiger partial charge in [-0.1, -0.05) is 18.6 Å². The van der Waals surface area contributed by atoms with Gasteiger partial charge in [0.25, 0.3) is 10.0 Å². The van der Waals surface area contributed by atoms with Crippen LogP contribution in [0.5, 0.6) is 5.75 Å². The normalized spacial score (nSPS) is 15.0. The van der Waals surface area contributed by atoms with Crippen molar-refractivity contribution in [2.24, 2.45) is 11.1 Å². The average molecular weight is 636 g/mol. The quantitative estimate of drug-likeness (QED) is 0.208. The van der Waals surface area contributed by atoms with E-state index in [0.29, 0.717) is 66.5 Å². The Kier molecular flexibility index (Phi) is 11.0. The lowest BCUT2D eigenvalue weighted by atomic mass is 9.94. The number of thiazole rings is 1. The second-order valence-corrected chi connectivity index (χ2v) is 13.3. The predicted molar refractivity (Wildman–Crippen MR) is 158 cm³/mol. The van der Waals surface area contributed by atoms with Gasteiger partial charge < -0.3 is 20.1 Å². The third-order valence-electron chi connectivity index (χ3n) is 7.43. The van der Waals surface area contributed by atoms with Gasteiger partial charge in [-0.3, -0.25) is 14.4 Å². The van der Waals surface area contributed by atoms with E-state index < -0.39 is 22.0 Å². The van der Waals surface area contributed by atoms with Gasteiger partial charge in [-0.25, -0.2) is 23.2 Å². The number of carboxylic acids is 1. The van der Waals surface area contributed by atoms with Crippen LogP contribution in [-0.4, -0.2) is 75.8 Å². The molecule has 14 nitrogen and oxygen atoms in total. The van der Waals surface area contributed by atoms with Gasteiger partial charge in [0.1, 0.15) is 24.1 Å². The summed E-state index contributed by atoms with van der Waals surface area (Å²) >= 11 is 0.957. The molecule has 1 fully saturated rings. The molecule has 234 valence electrons. The first-order chi connectivity index (χ1) is 20.5. The molecule has 1 aliphatic heterocycles. The molecule has 3 aromatic rings. The Labute approximate surface area is 253 Å². The summed E-state index contributed by atoms with van der Waals surface area (Å²) in [5, 5.41) is 25.1. The Bertz CT molecular complexity index is 1530. The molecular weight excluding hydrogens is 598 g/mol. The summed E-state index contributed by atoms with van der Waals surface area (Å²) in [6, 6.07) is 4.44. The smallest absolute Gasteiger partial charge is 0.303 e. The molecule has 43 heavy (non-hydrogen) atoms. The Balaban J connectivity index is 1.38. The van der Waals surface area contributed by atoms with Crippen LogP contribution in [0.4, 0.5) is 0 Å². The lowest BCUT2D eigenvalue weighted by molar-refractivity contribution is -0.139. The fourth-order valence-electron chi connectivity index (χ4n) is 4.92. The number of nitrogens with one attached hydrogen (secondary N) is 1. The van der Waals surface area contributed by atoms with E-state index in [2.05, 4.69) is 27.5 Å². The van der Waals surface area contributed by atoms with E-state index in [0.717, 1.165) is 30.6 Å². The van der Waals surface area contributed by atoms with E-state index in [1.807, 2.05) is 4.90 Å². The molecule has 4 N–H and O–H groups in total. The van der Waals surface area contributed by atoms with Crippen molar-refractivity contribution in [1.29, 1.82) is 0 Å². The lowest BCUT2D eigenvalue weighted by Gasteiger charge is -2.34. The molecule has 0 bridgehead atoms. The van der Waals surface area contributed by atoms with Gasteiger partial charge in [0.15, 0.2) is 0 Å². The molecule has 3 heterocycles. The molecule has 0 spiro atoms. The minimum Gasteiger partial charge on any atom is -0.487 e. The third-order valence-corrected chi connectivity index (χ3v) is 9.77. The number of amides is 2. The number of unbranched alkanes of at least 4 members (excludes halogenated alkanes) is 1. The molecule has 2 aromatic heterocycles. The highest BCUT2D eigenvalue weighted by molar-refractivity contribution is 7.91. The highest BCUT2D eigenvalue weighted by atomic mass is 32.2. The molecule has 0 aliphatic carbocycles. The largest absolute Gasteiger partial charge is 0.487 e. The van der Waals surface area contributed by atoms with Crippen LogP contribution >= 0.6 is 11.3 Å². The third kappa shape index (κ3) is 9.18. The van der Waals surface area contributed by atoms with E-state index >= 15 is 0 Å². The summed E-state index contributed by atoms with van der Waals surface area (Å²) in [6.45, 7) is 4.04. The molecule has 2 amide bonds.